The maximum absolute atomic E-state index is 6.25. The van der Waals surface area contributed by atoms with Crippen molar-refractivity contribution in [3.63, 3.8) is 0 Å². The van der Waals surface area contributed by atoms with Gasteiger partial charge >= 0.3 is 0 Å². The zero-order chi connectivity index (χ0) is 21.3. The van der Waals surface area contributed by atoms with E-state index in [9.17, 15) is 0 Å². The molecule has 164 valence electrons. The van der Waals surface area contributed by atoms with Gasteiger partial charge in [0.25, 0.3) is 0 Å². The number of nitrogens with one attached hydrogen (secondary N) is 1. The zero-order valence-electron chi connectivity index (χ0n) is 18.7. The van der Waals surface area contributed by atoms with Crippen LogP contribution in [0.3, 0.4) is 0 Å². The number of benzene rings is 2. The lowest BCUT2D eigenvalue weighted by Gasteiger charge is -2.40. The molecule has 2 fully saturated rings. The van der Waals surface area contributed by atoms with Gasteiger partial charge in [0.1, 0.15) is 0 Å². The molecule has 1 heterocycles. The van der Waals surface area contributed by atoms with Crippen LogP contribution in [-0.2, 0) is 11.3 Å². The quantitative estimate of drug-likeness (QED) is 0.624. The van der Waals surface area contributed by atoms with Crippen LogP contribution in [0.25, 0.3) is 6.08 Å². The van der Waals surface area contributed by atoms with Crippen molar-refractivity contribution in [2.75, 3.05) is 19.6 Å². The smallest absolute Gasteiger partial charge is 0.181 e. The van der Waals surface area contributed by atoms with Crippen LogP contribution in [0.2, 0.25) is 0 Å². The Morgan fingerprint density at radius 1 is 1.06 bits per heavy atom. The van der Waals surface area contributed by atoms with Crippen LogP contribution >= 0.6 is 0 Å². The predicted molar refractivity (Wildman–Crippen MR) is 129 cm³/mol. The lowest BCUT2D eigenvalue weighted by atomic mass is 9.91. The third-order valence-electron chi connectivity index (χ3n) is 6.33. The maximum Gasteiger partial charge on any atom is 0.181 e. The van der Waals surface area contributed by atoms with Gasteiger partial charge in [0, 0.05) is 25.7 Å². The highest BCUT2D eigenvalue weighted by Crippen LogP contribution is 2.25. The first-order chi connectivity index (χ1) is 15.3. The average molecular weight is 418 g/mol. The standard InChI is InChI=1S/C27H35N3O/c1-2-27(30-18-17-28-21-25(30)20-23-13-7-4-8-14-23)31-29-26-16-10-9-15-24(26)19-22-11-5-3-6-12-22/h3-8,11-14,19,25,27-28H,2,9-10,15-18,20-21H2,1H3/b24-19-,29-26+. The van der Waals surface area contributed by atoms with Gasteiger partial charge in [0.2, 0.25) is 0 Å². The summed E-state index contributed by atoms with van der Waals surface area (Å²) in [5.41, 5.74) is 5.07. The van der Waals surface area contributed by atoms with Gasteiger partial charge in [0.15, 0.2) is 6.23 Å². The van der Waals surface area contributed by atoms with Gasteiger partial charge in [-0.3, -0.25) is 4.90 Å². The van der Waals surface area contributed by atoms with Crippen LogP contribution < -0.4 is 5.32 Å². The topological polar surface area (TPSA) is 36.9 Å². The lowest BCUT2D eigenvalue weighted by Crippen LogP contribution is -2.56. The van der Waals surface area contributed by atoms with Crippen molar-refractivity contribution in [3.05, 3.63) is 77.4 Å². The number of hydrogen-bond donors (Lipinski definition) is 1. The fourth-order valence-electron chi connectivity index (χ4n) is 4.65. The van der Waals surface area contributed by atoms with Gasteiger partial charge in [-0.2, -0.15) is 0 Å². The van der Waals surface area contributed by atoms with Crippen molar-refractivity contribution >= 4 is 11.8 Å². The minimum atomic E-state index is 0.0169. The molecular formula is C27H35N3O. The Morgan fingerprint density at radius 2 is 1.81 bits per heavy atom. The molecule has 1 aliphatic carbocycles. The molecule has 0 bridgehead atoms. The second kappa shape index (κ2) is 11.3. The number of piperazine rings is 1. The Morgan fingerprint density at radius 3 is 2.58 bits per heavy atom. The van der Waals surface area contributed by atoms with Crippen LogP contribution in [0.1, 0.15) is 50.2 Å². The van der Waals surface area contributed by atoms with Gasteiger partial charge < -0.3 is 10.2 Å². The number of oxime groups is 1. The van der Waals surface area contributed by atoms with Crippen molar-refractivity contribution < 1.29 is 4.84 Å². The molecule has 2 aromatic rings. The molecule has 31 heavy (non-hydrogen) atoms. The summed E-state index contributed by atoms with van der Waals surface area (Å²) < 4.78 is 0. The van der Waals surface area contributed by atoms with Gasteiger partial charge in [-0.05, 0) is 61.3 Å². The van der Waals surface area contributed by atoms with Crippen molar-refractivity contribution in [2.24, 2.45) is 5.16 Å². The van der Waals surface area contributed by atoms with Crippen LogP contribution in [-0.4, -0.2) is 42.5 Å². The van der Waals surface area contributed by atoms with E-state index in [4.69, 9.17) is 9.99 Å². The van der Waals surface area contributed by atoms with Crippen LogP contribution in [0, 0.1) is 0 Å². The van der Waals surface area contributed by atoms with E-state index in [2.05, 4.69) is 83.9 Å². The van der Waals surface area contributed by atoms with E-state index in [0.29, 0.717) is 6.04 Å². The Labute approximate surface area is 187 Å². The molecule has 4 heteroatoms. The summed E-state index contributed by atoms with van der Waals surface area (Å²) in [4.78, 5) is 8.76. The Bertz CT molecular complexity index is 863. The van der Waals surface area contributed by atoms with Gasteiger partial charge in [0.05, 0.1) is 5.71 Å². The first-order valence-corrected chi connectivity index (χ1v) is 11.8. The molecule has 0 aromatic heterocycles. The molecule has 2 aromatic carbocycles. The van der Waals surface area contributed by atoms with E-state index in [1.54, 1.807) is 0 Å². The molecule has 4 nitrogen and oxygen atoms in total. The van der Waals surface area contributed by atoms with Gasteiger partial charge in [-0.25, -0.2) is 0 Å². The third-order valence-corrected chi connectivity index (χ3v) is 6.33. The monoisotopic (exact) mass is 417 g/mol. The first-order valence-electron chi connectivity index (χ1n) is 11.8. The predicted octanol–water partition coefficient (Wildman–Crippen LogP) is 5.27. The average Bonchev–Trinajstić information content (AvgIpc) is 2.83. The van der Waals surface area contributed by atoms with Crippen molar-refractivity contribution in [2.45, 2.75) is 57.7 Å². The maximum atomic E-state index is 6.25. The fourth-order valence-corrected chi connectivity index (χ4v) is 4.65. The van der Waals surface area contributed by atoms with Gasteiger partial charge in [-0.1, -0.05) is 72.7 Å². The summed E-state index contributed by atoms with van der Waals surface area (Å²) in [5.74, 6) is 0. The highest BCUT2D eigenvalue weighted by molar-refractivity contribution is 6.03. The van der Waals surface area contributed by atoms with E-state index in [-0.39, 0.29) is 6.23 Å². The first kappa shape index (κ1) is 21.8. The normalized spacial score (nSPS) is 23.7. The SMILES string of the molecule is CCC(O/N=C1\CCCC\C1=C\c1ccccc1)N1CCNCC1Cc1ccccc1. The molecule has 0 radical (unpaired) electrons. The minimum Gasteiger partial charge on any atom is -0.376 e. The van der Waals surface area contributed by atoms with Crippen molar-refractivity contribution in [1.82, 2.24) is 10.2 Å². The molecule has 0 spiro atoms. The molecule has 1 aliphatic heterocycles. The number of nitrogens with zero attached hydrogens (tertiary/aromatic N) is 2. The van der Waals surface area contributed by atoms with Crippen LogP contribution in [0.5, 0.6) is 0 Å². The van der Waals surface area contributed by atoms with E-state index >= 15 is 0 Å². The zero-order valence-corrected chi connectivity index (χ0v) is 18.7. The van der Waals surface area contributed by atoms with E-state index < -0.39 is 0 Å². The van der Waals surface area contributed by atoms with Crippen LogP contribution in [0.4, 0.5) is 0 Å². The Hall–Kier alpha value is -2.43. The summed E-state index contributed by atoms with van der Waals surface area (Å²) in [7, 11) is 0. The number of hydrogen-bond acceptors (Lipinski definition) is 4. The third kappa shape index (κ3) is 6.05. The molecular weight excluding hydrogens is 382 g/mol. The van der Waals surface area contributed by atoms with Crippen molar-refractivity contribution in [3.8, 4) is 0 Å². The van der Waals surface area contributed by atoms with Crippen molar-refractivity contribution in [1.29, 1.82) is 0 Å². The summed E-state index contributed by atoms with van der Waals surface area (Å²) in [5, 5.41) is 8.30. The molecule has 2 atom stereocenters. The molecule has 2 unspecified atom stereocenters. The largest absolute Gasteiger partial charge is 0.376 e. The second-order valence-electron chi connectivity index (χ2n) is 8.58. The lowest BCUT2D eigenvalue weighted by molar-refractivity contribution is -0.0861. The summed E-state index contributed by atoms with van der Waals surface area (Å²) in [6, 6.07) is 21.7. The van der Waals surface area contributed by atoms with E-state index in [1.807, 2.05) is 0 Å². The Kier molecular flexibility index (Phi) is 7.92. The molecule has 2 aliphatic rings. The highest BCUT2D eigenvalue weighted by Gasteiger charge is 2.29. The summed E-state index contributed by atoms with van der Waals surface area (Å²) in [6.07, 6.45) is 8.76. The van der Waals surface area contributed by atoms with E-state index in [1.165, 1.54) is 29.5 Å². The molecule has 0 amide bonds. The Balaban J connectivity index is 1.47. The molecule has 4 rings (SSSR count). The molecule has 1 saturated carbocycles. The number of allylic oxidation sites excluding steroid dienone is 1. The summed E-state index contributed by atoms with van der Waals surface area (Å²) in [6.45, 7) is 5.19. The van der Waals surface area contributed by atoms with E-state index in [0.717, 1.165) is 51.0 Å². The fraction of sp³-hybridized carbons (Fsp3) is 0.444. The summed E-state index contributed by atoms with van der Waals surface area (Å²) >= 11 is 0. The minimum absolute atomic E-state index is 0.0169. The highest BCUT2D eigenvalue weighted by atomic mass is 16.6. The second-order valence-corrected chi connectivity index (χ2v) is 8.58. The van der Waals surface area contributed by atoms with Gasteiger partial charge in [-0.15, -0.1) is 0 Å². The molecule has 1 saturated heterocycles. The molecule has 1 N–H and O–H groups in total. The van der Waals surface area contributed by atoms with Crippen LogP contribution in [0.15, 0.2) is 71.4 Å². The number of rotatable bonds is 7.